The van der Waals surface area contributed by atoms with Crippen LogP contribution in [-0.2, 0) is 9.53 Å². The Balaban J connectivity index is 1.87. The smallest absolute Gasteiger partial charge is 0.246 e. The first-order chi connectivity index (χ1) is 8.69. The quantitative estimate of drug-likeness (QED) is 0.794. The Labute approximate surface area is 120 Å². The molecule has 1 aliphatic heterocycles. The van der Waals surface area contributed by atoms with Crippen LogP contribution in [0.4, 0.5) is 0 Å². The minimum Gasteiger partial charge on any atom is -0.377 e. The molecule has 5 heteroatoms. The Kier molecular flexibility index (Phi) is 4.97. The van der Waals surface area contributed by atoms with Crippen LogP contribution in [0.2, 0.25) is 0 Å². The van der Waals surface area contributed by atoms with Gasteiger partial charge >= 0.3 is 0 Å². The lowest BCUT2D eigenvalue weighted by atomic mass is 10.3. The molecule has 2 rings (SSSR count). The highest BCUT2D eigenvalue weighted by Crippen LogP contribution is 2.23. The SMILES string of the molecule is CCO[C@@H]1CCN(C(=O)/C=C/c2ccc(Br)s2)C1. The van der Waals surface area contributed by atoms with E-state index in [1.807, 2.05) is 30.0 Å². The number of carbonyl (C=O) groups is 1. The molecule has 0 aromatic carbocycles. The minimum absolute atomic E-state index is 0.0710. The Bertz CT molecular complexity index is 444. The first-order valence-electron chi connectivity index (χ1n) is 6.03. The van der Waals surface area contributed by atoms with Gasteiger partial charge in [0.2, 0.25) is 5.91 Å². The highest BCUT2D eigenvalue weighted by molar-refractivity contribution is 9.11. The van der Waals surface area contributed by atoms with Crippen molar-refractivity contribution in [3.63, 3.8) is 0 Å². The molecule has 0 N–H and O–H groups in total. The van der Waals surface area contributed by atoms with E-state index in [9.17, 15) is 4.79 Å². The molecule has 0 bridgehead atoms. The standard InChI is InChI=1S/C13H16BrNO2S/c1-2-17-10-7-8-15(9-10)13(16)6-4-11-3-5-12(14)18-11/h3-6,10H,2,7-9H2,1H3/b6-4+/t10-/m1/s1. The van der Waals surface area contributed by atoms with Gasteiger partial charge in [-0.3, -0.25) is 4.79 Å². The van der Waals surface area contributed by atoms with Gasteiger partial charge in [-0.2, -0.15) is 0 Å². The van der Waals surface area contributed by atoms with Crippen molar-refractivity contribution in [3.05, 3.63) is 26.9 Å². The average Bonchev–Trinajstić information content (AvgIpc) is 2.96. The van der Waals surface area contributed by atoms with Crippen LogP contribution in [0.3, 0.4) is 0 Å². The van der Waals surface area contributed by atoms with E-state index in [0.29, 0.717) is 13.2 Å². The molecule has 0 spiro atoms. The maximum Gasteiger partial charge on any atom is 0.246 e. The van der Waals surface area contributed by atoms with Gasteiger partial charge in [0.05, 0.1) is 9.89 Å². The van der Waals surface area contributed by atoms with Crippen molar-refractivity contribution in [2.45, 2.75) is 19.4 Å². The number of thiophene rings is 1. The molecule has 1 aliphatic rings. The molecule has 18 heavy (non-hydrogen) atoms. The van der Waals surface area contributed by atoms with Crippen LogP contribution in [0.5, 0.6) is 0 Å². The fourth-order valence-corrected chi connectivity index (χ4v) is 3.30. The van der Waals surface area contributed by atoms with Crippen molar-refractivity contribution < 1.29 is 9.53 Å². The summed E-state index contributed by atoms with van der Waals surface area (Å²) in [7, 11) is 0. The monoisotopic (exact) mass is 329 g/mol. The predicted molar refractivity (Wildman–Crippen MR) is 77.7 cm³/mol. The summed E-state index contributed by atoms with van der Waals surface area (Å²) in [4.78, 5) is 14.9. The maximum absolute atomic E-state index is 12.0. The molecule has 0 saturated carbocycles. The first kappa shape index (κ1) is 13.8. The van der Waals surface area contributed by atoms with Crippen molar-refractivity contribution >= 4 is 39.2 Å². The zero-order chi connectivity index (χ0) is 13.0. The second-order valence-corrected chi connectivity index (χ2v) is 6.62. The van der Waals surface area contributed by atoms with E-state index in [0.717, 1.165) is 21.6 Å². The minimum atomic E-state index is 0.0710. The molecule has 0 unspecified atom stereocenters. The van der Waals surface area contributed by atoms with Crippen LogP contribution >= 0.6 is 27.3 Å². The summed E-state index contributed by atoms with van der Waals surface area (Å²) in [6.45, 7) is 4.21. The third kappa shape index (κ3) is 3.67. The van der Waals surface area contributed by atoms with Gasteiger partial charge in [0, 0.05) is 30.6 Å². The van der Waals surface area contributed by atoms with E-state index < -0.39 is 0 Å². The average molecular weight is 330 g/mol. The Morgan fingerprint density at radius 2 is 2.50 bits per heavy atom. The lowest BCUT2D eigenvalue weighted by Crippen LogP contribution is -2.28. The Morgan fingerprint density at radius 3 is 3.17 bits per heavy atom. The van der Waals surface area contributed by atoms with E-state index >= 15 is 0 Å². The zero-order valence-electron chi connectivity index (χ0n) is 10.3. The van der Waals surface area contributed by atoms with Gasteiger partial charge in [0.1, 0.15) is 0 Å². The van der Waals surface area contributed by atoms with E-state index in [2.05, 4.69) is 15.9 Å². The maximum atomic E-state index is 12.0. The summed E-state index contributed by atoms with van der Waals surface area (Å²) in [5.74, 6) is 0.0710. The van der Waals surface area contributed by atoms with Crippen molar-refractivity contribution in [2.75, 3.05) is 19.7 Å². The molecule has 0 aliphatic carbocycles. The highest BCUT2D eigenvalue weighted by Gasteiger charge is 2.24. The summed E-state index contributed by atoms with van der Waals surface area (Å²) in [5, 5.41) is 0. The normalized spacial score (nSPS) is 19.9. The van der Waals surface area contributed by atoms with Crippen molar-refractivity contribution in [2.24, 2.45) is 0 Å². The van der Waals surface area contributed by atoms with Crippen LogP contribution in [0.25, 0.3) is 6.08 Å². The van der Waals surface area contributed by atoms with Crippen molar-refractivity contribution in [1.29, 1.82) is 0 Å². The van der Waals surface area contributed by atoms with Crippen LogP contribution in [0, 0.1) is 0 Å². The van der Waals surface area contributed by atoms with Crippen molar-refractivity contribution in [3.8, 4) is 0 Å². The van der Waals surface area contributed by atoms with Crippen LogP contribution in [-0.4, -0.2) is 36.6 Å². The second-order valence-electron chi connectivity index (χ2n) is 4.13. The number of likely N-dealkylation sites (tertiary alicyclic amines) is 1. The molecule has 1 amide bonds. The van der Waals surface area contributed by atoms with Gasteiger partial charge < -0.3 is 9.64 Å². The van der Waals surface area contributed by atoms with Crippen LogP contribution in [0.15, 0.2) is 22.0 Å². The molecule has 2 heterocycles. The fraction of sp³-hybridized carbons (Fsp3) is 0.462. The van der Waals surface area contributed by atoms with E-state index in [1.165, 1.54) is 0 Å². The molecule has 3 nitrogen and oxygen atoms in total. The molecule has 1 aromatic heterocycles. The third-order valence-corrected chi connectivity index (χ3v) is 4.43. The second kappa shape index (κ2) is 6.50. The number of rotatable bonds is 4. The largest absolute Gasteiger partial charge is 0.377 e. The van der Waals surface area contributed by atoms with Gasteiger partial charge in [0.25, 0.3) is 0 Å². The number of hydrogen-bond acceptors (Lipinski definition) is 3. The number of nitrogens with zero attached hydrogens (tertiary/aromatic N) is 1. The van der Waals surface area contributed by atoms with Crippen LogP contribution in [0.1, 0.15) is 18.2 Å². The molecule has 98 valence electrons. The molecule has 1 fully saturated rings. The predicted octanol–water partition coefficient (Wildman–Crippen LogP) is 3.16. The number of halogens is 1. The lowest BCUT2D eigenvalue weighted by molar-refractivity contribution is -0.125. The molecular weight excluding hydrogens is 314 g/mol. The van der Waals surface area contributed by atoms with Gasteiger partial charge in [-0.05, 0) is 47.5 Å². The van der Waals surface area contributed by atoms with E-state index in [1.54, 1.807) is 17.4 Å². The Morgan fingerprint density at radius 1 is 1.67 bits per heavy atom. The van der Waals surface area contributed by atoms with Gasteiger partial charge in [0.15, 0.2) is 0 Å². The Hall–Kier alpha value is -0.650. The molecule has 1 saturated heterocycles. The van der Waals surface area contributed by atoms with Crippen molar-refractivity contribution in [1.82, 2.24) is 4.90 Å². The molecule has 1 aromatic rings. The van der Waals surface area contributed by atoms with Gasteiger partial charge in [-0.25, -0.2) is 0 Å². The molecular formula is C13H16BrNO2S. The number of ether oxygens (including phenoxy) is 1. The topological polar surface area (TPSA) is 29.5 Å². The fourth-order valence-electron chi connectivity index (χ4n) is 1.98. The number of hydrogen-bond donors (Lipinski definition) is 0. The molecule has 0 radical (unpaired) electrons. The summed E-state index contributed by atoms with van der Waals surface area (Å²) in [5.41, 5.74) is 0. The number of carbonyl (C=O) groups excluding carboxylic acids is 1. The summed E-state index contributed by atoms with van der Waals surface area (Å²) >= 11 is 5.02. The zero-order valence-corrected chi connectivity index (χ0v) is 12.7. The van der Waals surface area contributed by atoms with Crippen LogP contribution < -0.4 is 0 Å². The van der Waals surface area contributed by atoms with Gasteiger partial charge in [-0.15, -0.1) is 11.3 Å². The summed E-state index contributed by atoms with van der Waals surface area (Å²) in [6, 6.07) is 3.97. The summed E-state index contributed by atoms with van der Waals surface area (Å²) in [6.07, 6.45) is 4.67. The molecule has 1 atom stereocenters. The summed E-state index contributed by atoms with van der Waals surface area (Å²) < 4.78 is 6.60. The third-order valence-electron chi connectivity index (χ3n) is 2.84. The highest BCUT2D eigenvalue weighted by atomic mass is 79.9. The number of amides is 1. The van der Waals surface area contributed by atoms with E-state index in [4.69, 9.17) is 4.74 Å². The van der Waals surface area contributed by atoms with E-state index in [-0.39, 0.29) is 12.0 Å². The first-order valence-corrected chi connectivity index (χ1v) is 7.64. The lowest BCUT2D eigenvalue weighted by Gasteiger charge is -2.14. The van der Waals surface area contributed by atoms with Gasteiger partial charge in [-0.1, -0.05) is 0 Å².